The van der Waals surface area contributed by atoms with Gasteiger partial charge in [-0.2, -0.15) is 0 Å². The largest absolute Gasteiger partial charge is 0.338 e. The van der Waals surface area contributed by atoms with Crippen LogP contribution < -0.4 is 10.6 Å². The fourth-order valence-electron chi connectivity index (χ4n) is 2.62. The van der Waals surface area contributed by atoms with Gasteiger partial charge in [-0.3, -0.25) is 15.1 Å². The zero-order valence-electron chi connectivity index (χ0n) is 14.4. The second kappa shape index (κ2) is 6.73. The molecule has 0 aliphatic heterocycles. The Kier molecular flexibility index (Phi) is 4.66. The van der Waals surface area contributed by atoms with Crippen molar-refractivity contribution in [1.29, 1.82) is 0 Å². The van der Waals surface area contributed by atoms with E-state index < -0.39 is 0 Å². The van der Waals surface area contributed by atoms with Crippen molar-refractivity contribution in [2.24, 2.45) is 5.92 Å². The Balaban J connectivity index is 1.56. The number of carbonyl (C=O) groups is 1. The molecule has 0 bridgehead atoms. The molecule has 0 saturated heterocycles. The third-order valence-corrected chi connectivity index (χ3v) is 4.16. The molecule has 2 aromatic rings. The molecule has 1 fully saturated rings. The Morgan fingerprint density at radius 2 is 2.21 bits per heavy atom. The first-order valence-electron chi connectivity index (χ1n) is 8.34. The van der Waals surface area contributed by atoms with E-state index in [2.05, 4.69) is 20.8 Å². The van der Waals surface area contributed by atoms with Gasteiger partial charge in [0.05, 0.1) is 12.2 Å². The molecule has 1 unspecified atom stereocenters. The molecule has 3 rings (SSSR count). The molecule has 1 aliphatic rings. The fraction of sp³-hybridized carbons (Fsp3) is 0.500. The minimum absolute atomic E-state index is 0.109. The standard InChI is InChI=1S/C18H24N4O2/c1-18(2,3)14-9-16(24-22-14)21-15(23)11-20-17(12-6-7-12)13-5-4-8-19-10-13/h4-5,8-10,12,17,20H,6-7,11H2,1-3H3,(H,21,23). The smallest absolute Gasteiger partial charge is 0.240 e. The Morgan fingerprint density at radius 1 is 1.42 bits per heavy atom. The van der Waals surface area contributed by atoms with Crippen LogP contribution in [0.1, 0.15) is 50.9 Å². The average molecular weight is 328 g/mol. The average Bonchev–Trinajstić information content (AvgIpc) is 3.25. The summed E-state index contributed by atoms with van der Waals surface area (Å²) >= 11 is 0. The van der Waals surface area contributed by atoms with E-state index in [1.807, 2.05) is 39.1 Å². The molecule has 2 heterocycles. The molecule has 0 aromatic carbocycles. The Bertz CT molecular complexity index is 687. The lowest BCUT2D eigenvalue weighted by atomic mass is 9.92. The van der Waals surface area contributed by atoms with E-state index in [1.54, 1.807) is 12.3 Å². The molecule has 128 valence electrons. The summed E-state index contributed by atoms with van der Waals surface area (Å²) in [5.41, 5.74) is 1.83. The number of hydrogen-bond acceptors (Lipinski definition) is 5. The van der Waals surface area contributed by atoms with E-state index in [0.717, 1.165) is 11.3 Å². The summed E-state index contributed by atoms with van der Waals surface area (Å²) in [5, 5.41) is 10.1. The predicted octanol–water partition coefficient (Wildman–Crippen LogP) is 3.05. The highest BCUT2D eigenvalue weighted by molar-refractivity contribution is 5.91. The lowest BCUT2D eigenvalue weighted by Gasteiger charge is -2.17. The summed E-state index contributed by atoms with van der Waals surface area (Å²) in [6.07, 6.45) is 5.99. The number of pyridine rings is 1. The van der Waals surface area contributed by atoms with Crippen LogP contribution in [-0.4, -0.2) is 22.6 Å². The van der Waals surface area contributed by atoms with Gasteiger partial charge in [-0.05, 0) is 30.4 Å². The summed E-state index contributed by atoms with van der Waals surface area (Å²) in [5.74, 6) is 0.831. The van der Waals surface area contributed by atoms with Crippen LogP contribution in [0.15, 0.2) is 35.1 Å². The molecular formula is C18H24N4O2. The van der Waals surface area contributed by atoms with Crippen LogP contribution in [0.25, 0.3) is 0 Å². The van der Waals surface area contributed by atoms with Crippen LogP contribution in [0, 0.1) is 5.92 Å². The Morgan fingerprint density at radius 3 is 2.79 bits per heavy atom. The van der Waals surface area contributed by atoms with Gasteiger partial charge in [0.1, 0.15) is 0 Å². The van der Waals surface area contributed by atoms with Crippen molar-refractivity contribution in [2.75, 3.05) is 11.9 Å². The lowest BCUT2D eigenvalue weighted by molar-refractivity contribution is -0.115. The monoisotopic (exact) mass is 328 g/mol. The fourth-order valence-corrected chi connectivity index (χ4v) is 2.62. The van der Waals surface area contributed by atoms with E-state index in [-0.39, 0.29) is 23.9 Å². The van der Waals surface area contributed by atoms with Gasteiger partial charge in [0.15, 0.2) is 0 Å². The van der Waals surface area contributed by atoms with Crippen molar-refractivity contribution in [3.05, 3.63) is 41.9 Å². The molecular weight excluding hydrogens is 304 g/mol. The number of nitrogens with zero attached hydrogens (tertiary/aromatic N) is 2. The van der Waals surface area contributed by atoms with Crippen LogP contribution in [0.4, 0.5) is 5.88 Å². The van der Waals surface area contributed by atoms with E-state index in [0.29, 0.717) is 11.8 Å². The van der Waals surface area contributed by atoms with Crippen molar-refractivity contribution in [3.8, 4) is 0 Å². The summed E-state index contributed by atoms with van der Waals surface area (Å²) in [7, 11) is 0. The number of rotatable bonds is 6. The van der Waals surface area contributed by atoms with Crippen LogP contribution in [0.2, 0.25) is 0 Å². The number of carbonyl (C=O) groups excluding carboxylic acids is 1. The van der Waals surface area contributed by atoms with Gasteiger partial charge in [0.2, 0.25) is 11.8 Å². The first-order chi connectivity index (χ1) is 11.4. The normalized spacial score (nSPS) is 16.0. The zero-order chi connectivity index (χ0) is 17.2. The maximum absolute atomic E-state index is 12.2. The molecule has 1 atom stereocenters. The van der Waals surface area contributed by atoms with Crippen molar-refractivity contribution in [3.63, 3.8) is 0 Å². The number of hydrogen-bond donors (Lipinski definition) is 2. The van der Waals surface area contributed by atoms with Gasteiger partial charge in [-0.15, -0.1) is 0 Å². The molecule has 6 nitrogen and oxygen atoms in total. The highest BCUT2D eigenvalue weighted by atomic mass is 16.5. The van der Waals surface area contributed by atoms with Crippen molar-refractivity contribution in [2.45, 2.75) is 45.1 Å². The van der Waals surface area contributed by atoms with Gasteiger partial charge in [0, 0.05) is 29.9 Å². The van der Waals surface area contributed by atoms with Crippen molar-refractivity contribution >= 4 is 11.8 Å². The first-order valence-corrected chi connectivity index (χ1v) is 8.34. The van der Waals surface area contributed by atoms with Gasteiger partial charge in [0.25, 0.3) is 0 Å². The van der Waals surface area contributed by atoms with Gasteiger partial charge in [-0.25, -0.2) is 0 Å². The lowest BCUT2D eigenvalue weighted by Crippen LogP contribution is -2.32. The second-order valence-electron chi connectivity index (χ2n) is 7.36. The first kappa shape index (κ1) is 16.6. The summed E-state index contributed by atoms with van der Waals surface area (Å²) in [4.78, 5) is 16.3. The molecule has 0 spiro atoms. The molecule has 1 saturated carbocycles. The Hall–Kier alpha value is -2.21. The molecule has 2 aromatic heterocycles. The zero-order valence-corrected chi connectivity index (χ0v) is 14.4. The Labute approximate surface area is 142 Å². The quantitative estimate of drug-likeness (QED) is 0.852. The summed E-state index contributed by atoms with van der Waals surface area (Å²) in [6, 6.07) is 5.92. The molecule has 2 N–H and O–H groups in total. The predicted molar refractivity (Wildman–Crippen MR) is 91.5 cm³/mol. The second-order valence-corrected chi connectivity index (χ2v) is 7.36. The van der Waals surface area contributed by atoms with Crippen LogP contribution in [0.3, 0.4) is 0 Å². The number of aromatic nitrogens is 2. The van der Waals surface area contributed by atoms with E-state index in [1.165, 1.54) is 12.8 Å². The van der Waals surface area contributed by atoms with Crippen LogP contribution >= 0.6 is 0 Å². The topological polar surface area (TPSA) is 80.0 Å². The third kappa shape index (κ3) is 4.20. The maximum atomic E-state index is 12.2. The summed E-state index contributed by atoms with van der Waals surface area (Å²) in [6.45, 7) is 6.37. The molecule has 1 aliphatic carbocycles. The van der Waals surface area contributed by atoms with Crippen LogP contribution in [0.5, 0.6) is 0 Å². The molecule has 6 heteroatoms. The number of amides is 1. The van der Waals surface area contributed by atoms with E-state index in [9.17, 15) is 4.79 Å². The highest BCUT2D eigenvalue weighted by Gasteiger charge is 2.32. The highest BCUT2D eigenvalue weighted by Crippen LogP contribution is 2.40. The van der Waals surface area contributed by atoms with Crippen LogP contribution in [-0.2, 0) is 10.2 Å². The van der Waals surface area contributed by atoms with Gasteiger partial charge in [-0.1, -0.05) is 32.0 Å². The summed E-state index contributed by atoms with van der Waals surface area (Å²) < 4.78 is 5.19. The maximum Gasteiger partial charge on any atom is 0.240 e. The third-order valence-electron chi connectivity index (χ3n) is 4.16. The minimum Gasteiger partial charge on any atom is -0.338 e. The molecule has 0 radical (unpaired) electrons. The minimum atomic E-state index is -0.138. The molecule has 24 heavy (non-hydrogen) atoms. The SMILES string of the molecule is CC(C)(C)c1cc(NC(=O)CNC(c2cccnc2)C2CC2)on1. The van der Waals surface area contributed by atoms with E-state index in [4.69, 9.17) is 4.52 Å². The van der Waals surface area contributed by atoms with Crippen molar-refractivity contribution in [1.82, 2.24) is 15.5 Å². The van der Waals surface area contributed by atoms with Gasteiger partial charge < -0.3 is 9.84 Å². The number of anilines is 1. The number of nitrogens with one attached hydrogen (secondary N) is 2. The van der Waals surface area contributed by atoms with E-state index >= 15 is 0 Å². The molecule has 1 amide bonds. The van der Waals surface area contributed by atoms with Crippen molar-refractivity contribution < 1.29 is 9.32 Å². The van der Waals surface area contributed by atoms with Gasteiger partial charge >= 0.3 is 0 Å².